The number of halogens is 1. The number of ether oxygens (including phenoxy) is 1. The van der Waals surface area contributed by atoms with Gasteiger partial charge in [0.2, 0.25) is 5.95 Å². The average molecular weight is 463 g/mol. The van der Waals surface area contributed by atoms with Gasteiger partial charge in [-0.3, -0.25) is 13.9 Å². The van der Waals surface area contributed by atoms with Crippen molar-refractivity contribution < 1.29 is 9.13 Å². The van der Waals surface area contributed by atoms with Gasteiger partial charge in [-0.05, 0) is 49.2 Å². The number of anilines is 2. The van der Waals surface area contributed by atoms with Crippen LogP contribution in [0.15, 0.2) is 58.3 Å². The van der Waals surface area contributed by atoms with E-state index in [0.717, 1.165) is 21.9 Å². The molecule has 1 aliphatic rings. The van der Waals surface area contributed by atoms with Crippen molar-refractivity contribution in [2.75, 3.05) is 11.9 Å². The zero-order valence-corrected chi connectivity index (χ0v) is 18.6. The van der Waals surface area contributed by atoms with E-state index in [-0.39, 0.29) is 18.4 Å². The van der Waals surface area contributed by atoms with E-state index in [9.17, 15) is 14.0 Å². The quantitative estimate of drug-likeness (QED) is 0.484. The van der Waals surface area contributed by atoms with Gasteiger partial charge in [-0.1, -0.05) is 18.2 Å². The van der Waals surface area contributed by atoms with Gasteiger partial charge in [0, 0.05) is 12.2 Å². The maximum absolute atomic E-state index is 13.5. The van der Waals surface area contributed by atoms with E-state index in [2.05, 4.69) is 20.6 Å². The standard InChI is InChI=1S/C23H22FN7O3/c1-3-29-21(32)11-25-31(23(29)33)17-9-4-14(2)18(10-17)26-22-28-27-20-13-34-12-19(30(20)22)15-5-7-16(24)8-6-15/h4-11,19H,3,12-13H2,1-2H3,(H,26,28)/t19-/m0/s1. The highest BCUT2D eigenvalue weighted by molar-refractivity contribution is 5.62. The molecular weight excluding hydrogens is 441 g/mol. The summed E-state index contributed by atoms with van der Waals surface area (Å²) in [5, 5.41) is 15.9. The van der Waals surface area contributed by atoms with Crippen molar-refractivity contribution in [1.29, 1.82) is 0 Å². The maximum Gasteiger partial charge on any atom is 0.352 e. The van der Waals surface area contributed by atoms with E-state index in [0.29, 0.717) is 36.4 Å². The summed E-state index contributed by atoms with van der Waals surface area (Å²) in [6.45, 7) is 4.59. The lowest BCUT2D eigenvalue weighted by Crippen LogP contribution is -2.39. The molecule has 2 aromatic carbocycles. The Kier molecular flexibility index (Phi) is 5.54. The van der Waals surface area contributed by atoms with E-state index >= 15 is 0 Å². The fraction of sp³-hybridized carbons (Fsp3) is 0.261. The Morgan fingerprint density at radius 3 is 2.71 bits per heavy atom. The molecule has 0 saturated carbocycles. The highest BCUT2D eigenvalue weighted by Crippen LogP contribution is 2.31. The lowest BCUT2D eigenvalue weighted by molar-refractivity contribution is 0.0670. The Hall–Kier alpha value is -4.12. The van der Waals surface area contributed by atoms with E-state index < -0.39 is 11.2 Å². The third-order valence-corrected chi connectivity index (χ3v) is 5.83. The molecule has 2 aromatic heterocycles. The molecule has 0 saturated heterocycles. The number of nitrogens with zero attached hydrogens (tertiary/aromatic N) is 6. The number of rotatable bonds is 5. The number of aromatic nitrogens is 6. The van der Waals surface area contributed by atoms with Crippen LogP contribution in [-0.2, 0) is 17.9 Å². The van der Waals surface area contributed by atoms with Crippen LogP contribution in [0.2, 0.25) is 0 Å². The van der Waals surface area contributed by atoms with Gasteiger partial charge < -0.3 is 10.1 Å². The minimum atomic E-state index is -0.516. The van der Waals surface area contributed by atoms with Crippen LogP contribution in [0.4, 0.5) is 16.0 Å². The number of fused-ring (bicyclic) bond motifs is 1. The molecule has 0 spiro atoms. The number of nitrogens with one attached hydrogen (secondary N) is 1. The molecule has 1 aliphatic heterocycles. The molecule has 1 atom stereocenters. The highest BCUT2D eigenvalue weighted by atomic mass is 19.1. The van der Waals surface area contributed by atoms with Crippen LogP contribution in [0.1, 0.15) is 29.9 Å². The summed E-state index contributed by atoms with van der Waals surface area (Å²) < 4.78 is 23.4. The Bertz CT molecular complexity index is 1470. The number of aryl methyl sites for hydroxylation is 1. The topological polar surface area (TPSA) is 109 Å². The zero-order valence-electron chi connectivity index (χ0n) is 18.6. The Balaban J connectivity index is 1.54. The third-order valence-electron chi connectivity index (χ3n) is 5.83. The first-order valence-corrected chi connectivity index (χ1v) is 10.8. The lowest BCUT2D eigenvalue weighted by atomic mass is 10.1. The van der Waals surface area contributed by atoms with Crippen molar-refractivity contribution in [3.8, 4) is 5.69 Å². The predicted octanol–water partition coefficient (Wildman–Crippen LogP) is 2.32. The Morgan fingerprint density at radius 2 is 1.94 bits per heavy atom. The molecule has 4 aromatic rings. The van der Waals surface area contributed by atoms with Crippen molar-refractivity contribution in [3.05, 3.63) is 92.3 Å². The van der Waals surface area contributed by atoms with Crippen molar-refractivity contribution in [1.82, 2.24) is 29.1 Å². The fourth-order valence-electron chi connectivity index (χ4n) is 4.00. The second kappa shape index (κ2) is 8.67. The van der Waals surface area contributed by atoms with Crippen LogP contribution in [0.25, 0.3) is 5.69 Å². The van der Waals surface area contributed by atoms with Gasteiger partial charge in [0.1, 0.15) is 18.6 Å². The van der Waals surface area contributed by atoms with Crippen LogP contribution in [0, 0.1) is 12.7 Å². The highest BCUT2D eigenvalue weighted by Gasteiger charge is 2.27. The summed E-state index contributed by atoms with van der Waals surface area (Å²) in [5.74, 6) is 0.824. The normalized spacial score (nSPS) is 15.2. The molecule has 0 unspecified atom stereocenters. The van der Waals surface area contributed by atoms with Gasteiger partial charge in [0.25, 0.3) is 5.56 Å². The fourth-order valence-corrected chi connectivity index (χ4v) is 4.00. The van der Waals surface area contributed by atoms with Crippen molar-refractivity contribution in [3.63, 3.8) is 0 Å². The van der Waals surface area contributed by atoms with Gasteiger partial charge >= 0.3 is 5.69 Å². The second-order valence-corrected chi connectivity index (χ2v) is 7.94. The zero-order chi connectivity index (χ0) is 23.8. The van der Waals surface area contributed by atoms with Crippen LogP contribution >= 0.6 is 0 Å². The molecule has 3 heterocycles. The maximum atomic E-state index is 13.5. The second-order valence-electron chi connectivity index (χ2n) is 7.94. The third kappa shape index (κ3) is 3.79. The molecule has 11 heteroatoms. The van der Waals surface area contributed by atoms with Crippen LogP contribution in [0.5, 0.6) is 0 Å². The summed E-state index contributed by atoms with van der Waals surface area (Å²) >= 11 is 0. The molecule has 10 nitrogen and oxygen atoms in total. The molecular formula is C23H22FN7O3. The average Bonchev–Trinajstić information content (AvgIpc) is 3.25. The smallest absolute Gasteiger partial charge is 0.352 e. The van der Waals surface area contributed by atoms with Gasteiger partial charge in [0.05, 0.1) is 18.3 Å². The molecule has 0 bridgehead atoms. The largest absolute Gasteiger partial charge is 0.371 e. The molecule has 0 amide bonds. The molecule has 5 rings (SSSR count). The van der Waals surface area contributed by atoms with Gasteiger partial charge in [0.15, 0.2) is 5.82 Å². The van der Waals surface area contributed by atoms with Crippen LogP contribution in [-0.4, -0.2) is 35.7 Å². The number of benzene rings is 2. The first-order valence-electron chi connectivity index (χ1n) is 10.8. The lowest BCUT2D eigenvalue weighted by Gasteiger charge is -2.27. The molecule has 1 N–H and O–H groups in total. The van der Waals surface area contributed by atoms with Gasteiger partial charge in [-0.15, -0.1) is 10.2 Å². The van der Waals surface area contributed by atoms with Gasteiger partial charge in [-0.2, -0.15) is 9.78 Å². The predicted molar refractivity (Wildman–Crippen MR) is 122 cm³/mol. The first-order chi connectivity index (χ1) is 16.5. The molecule has 0 radical (unpaired) electrons. The van der Waals surface area contributed by atoms with Crippen LogP contribution < -0.4 is 16.6 Å². The van der Waals surface area contributed by atoms with E-state index in [1.807, 2.05) is 17.6 Å². The first kappa shape index (κ1) is 21.7. The summed E-state index contributed by atoms with van der Waals surface area (Å²) in [5.41, 5.74) is 2.00. The SMILES string of the molecule is CCn1c(=O)cnn(-c2ccc(C)c(Nc3nnc4n3[C@H](c3ccc(F)cc3)COC4)c2)c1=O. The summed E-state index contributed by atoms with van der Waals surface area (Å²) in [6.07, 6.45) is 1.13. The van der Waals surface area contributed by atoms with Crippen molar-refractivity contribution >= 4 is 11.6 Å². The van der Waals surface area contributed by atoms with Crippen molar-refractivity contribution in [2.24, 2.45) is 0 Å². The minimum Gasteiger partial charge on any atom is -0.371 e. The monoisotopic (exact) mass is 463 g/mol. The minimum absolute atomic E-state index is 0.234. The Labute approximate surface area is 193 Å². The summed E-state index contributed by atoms with van der Waals surface area (Å²) in [6, 6.07) is 11.4. The molecule has 174 valence electrons. The van der Waals surface area contributed by atoms with E-state index in [4.69, 9.17) is 4.74 Å². The number of hydrogen-bond donors (Lipinski definition) is 1. The molecule has 34 heavy (non-hydrogen) atoms. The van der Waals surface area contributed by atoms with E-state index in [1.54, 1.807) is 31.2 Å². The molecule has 0 aliphatic carbocycles. The summed E-state index contributed by atoms with van der Waals surface area (Å²) in [4.78, 5) is 24.6. The number of hydrogen-bond acceptors (Lipinski definition) is 7. The van der Waals surface area contributed by atoms with Crippen molar-refractivity contribution in [2.45, 2.75) is 33.0 Å². The summed E-state index contributed by atoms with van der Waals surface area (Å²) in [7, 11) is 0. The van der Waals surface area contributed by atoms with Gasteiger partial charge in [-0.25, -0.2) is 9.18 Å². The van der Waals surface area contributed by atoms with E-state index in [1.165, 1.54) is 16.8 Å². The molecule has 0 fully saturated rings. The van der Waals surface area contributed by atoms with Crippen LogP contribution in [0.3, 0.4) is 0 Å². The Morgan fingerprint density at radius 1 is 1.15 bits per heavy atom.